The Labute approximate surface area is 66.8 Å². The monoisotopic (exact) mass is 147 g/mol. The van der Waals surface area contributed by atoms with Gasteiger partial charge in [0.05, 0.1) is 0 Å². The summed E-state index contributed by atoms with van der Waals surface area (Å²) in [6, 6.07) is 9.54. The van der Waals surface area contributed by atoms with Gasteiger partial charge in [0.15, 0.2) is 0 Å². The zero-order chi connectivity index (χ0) is 8.10. The molecule has 1 aromatic carbocycles. The van der Waals surface area contributed by atoms with Gasteiger partial charge in [-0.1, -0.05) is 30.3 Å². The molecule has 0 saturated heterocycles. The van der Waals surface area contributed by atoms with E-state index in [1.165, 1.54) is 0 Å². The Balaban J connectivity index is 2.69. The highest BCUT2D eigenvalue weighted by molar-refractivity contribution is 5.96. The number of hydrogen-bond acceptors (Lipinski definition) is 1. The molecule has 0 unspecified atom stereocenters. The van der Waals surface area contributed by atoms with Crippen molar-refractivity contribution < 1.29 is 0 Å². The highest BCUT2D eigenvalue weighted by Crippen LogP contribution is 1.96. The Bertz CT molecular complexity index is 229. The highest BCUT2D eigenvalue weighted by Gasteiger charge is 1.95. The van der Waals surface area contributed by atoms with Crippen LogP contribution in [0, 0.1) is 12.3 Å². The van der Waals surface area contributed by atoms with Gasteiger partial charge in [-0.2, -0.15) is 0 Å². The summed E-state index contributed by atoms with van der Waals surface area (Å²) in [5.74, 6) is 0.431. The summed E-state index contributed by atoms with van der Waals surface area (Å²) >= 11 is 0. The molecule has 1 aromatic rings. The standard InChI is InChI=1S/C9H11N2/c1-2-11-9(10)8-6-4-3-5-7-8/h3-7H,1-2H2,(H2,10,11). The zero-order valence-electron chi connectivity index (χ0n) is 6.30. The summed E-state index contributed by atoms with van der Waals surface area (Å²) < 4.78 is 0. The van der Waals surface area contributed by atoms with Gasteiger partial charge in [-0.25, -0.2) is 0 Å². The lowest BCUT2D eigenvalue weighted by Crippen LogP contribution is -2.22. The first kappa shape index (κ1) is 7.79. The van der Waals surface area contributed by atoms with Crippen LogP contribution >= 0.6 is 0 Å². The van der Waals surface area contributed by atoms with E-state index in [-0.39, 0.29) is 0 Å². The first-order valence-corrected chi connectivity index (χ1v) is 3.51. The molecule has 0 atom stereocenters. The van der Waals surface area contributed by atoms with Crippen LogP contribution in [-0.4, -0.2) is 12.4 Å². The molecule has 1 radical (unpaired) electrons. The molecule has 11 heavy (non-hydrogen) atoms. The highest BCUT2D eigenvalue weighted by atomic mass is 14.9. The maximum atomic E-state index is 7.48. The van der Waals surface area contributed by atoms with Gasteiger partial charge in [0.2, 0.25) is 0 Å². The molecule has 0 bridgehead atoms. The fourth-order valence-electron chi connectivity index (χ4n) is 0.832. The largest absolute Gasteiger partial charge is 0.370 e. The lowest BCUT2D eigenvalue weighted by molar-refractivity contribution is 1.03. The average molecular weight is 147 g/mol. The Morgan fingerprint density at radius 1 is 1.36 bits per heavy atom. The van der Waals surface area contributed by atoms with Gasteiger partial charge in [0.1, 0.15) is 5.84 Å². The summed E-state index contributed by atoms with van der Waals surface area (Å²) in [6.45, 7) is 4.15. The van der Waals surface area contributed by atoms with Gasteiger partial charge in [0, 0.05) is 12.1 Å². The van der Waals surface area contributed by atoms with E-state index in [1.807, 2.05) is 30.3 Å². The Hall–Kier alpha value is -1.31. The minimum Gasteiger partial charge on any atom is -0.370 e. The molecule has 0 aliphatic rings. The van der Waals surface area contributed by atoms with E-state index in [1.54, 1.807) is 0 Å². The van der Waals surface area contributed by atoms with Crippen LogP contribution in [0.3, 0.4) is 0 Å². The summed E-state index contributed by atoms with van der Waals surface area (Å²) in [7, 11) is 0. The first-order valence-electron chi connectivity index (χ1n) is 3.51. The molecule has 0 fully saturated rings. The number of hydrogen-bond donors (Lipinski definition) is 2. The Kier molecular flexibility index (Phi) is 2.66. The van der Waals surface area contributed by atoms with Gasteiger partial charge in [0.25, 0.3) is 0 Å². The van der Waals surface area contributed by atoms with Crippen molar-refractivity contribution >= 4 is 5.84 Å². The van der Waals surface area contributed by atoms with E-state index in [0.717, 1.165) is 5.56 Å². The maximum Gasteiger partial charge on any atom is 0.125 e. The maximum absolute atomic E-state index is 7.48. The molecule has 0 aliphatic heterocycles. The van der Waals surface area contributed by atoms with Crippen LogP contribution in [0.4, 0.5) is 0 Å². The minimum atomic E-state index is 0.431. The van der Waals surface area contributed by atoms with Crippen molar-refractivity contribution in [3.8, 4) is 0 Å². The zero-order valence-corrected chi connectivity index (χ0v) is 6.30. The molecular weight excluding hydrogens is 136 g/mol. The van der Waals surface area contributed by atoms with Gasteiger partial charge in [-0.15, -0.1) is 0 Å². The molecular formula is C9H11N2. The SMILES string of the molecule is [CH2]CNC(=N)c1ccccc1. The van der Waals surface area contributed by atoms with E-state index in [0.29, 0.717) is 12.4 Å². The second kappa shape index (κ2) is 3.76. The van der Waals surface area contributed by atoms with Gasteiger partial charge < -0.3 is 5.32 Å². The molecule has 1 rings (SSSR count). The molecule has 2 heteroatoms. The Morgan fingerprint density at radius 2 is 2.00 bits per heavy atom. The van der Waals surface area contributed by atoms with Crippen LogP contribution in [0.1, 0.15) is 5.56 Å². The van der Waals surface area contributed by atoms with Crippen molar-refractivity contribution in [2.45, 2.75) is 0 Å². The van der Waals surface area contributed by atoms with E-state index in [2.05, 4.69) is 12.2 Å². The third-order valence-corrected chi connectivity index (χ3v) is 1.36. The molecule has 0 spiro atoms. The van der Waals surface area contributed by atoms with Crippen molar-refractivity contribution in [3.63, 3.8) is 0 Å². The molecule has 2 N–H and O–H groups in total. The van der Waals surface area contributed by atoms with E-state index in [9.17, 15) is 0 Å². The number of rotatable bonds is 2. The number of amidine groups is 1. The normalized spacial score (nSPS) is 9.18. The molecule has 2 nitrogen and oxygen atoms in total. The van der Waals surface area contributed by atoms with Crippen LogP contribution in [0.2, 0.25) is 0 Å². The number of nitrogens with one attached hydrogen (secondary N) is 2. The first-order chi connectivity index (χ1) is 5.34. The van der Waals surface area contributed by atoms with Crippen molar-refractivity contribution in [1.29, 1.82) is 5.41 Å². The van der Waals surface area contributed by atoms with Crippen LogP contribution in [0.25, 0.3) is 0 Å². The topological polar surface area (TPSA) is 35.9 Å². The van der Waals surface area contributed by atoms with Crippen molar-refractivity contribution in [3.05, 3.63) is 42.8 Å². The molecule has 0 amide bonds. The van der Waals surface area contributed by atoms with Crippen molar-refractivity contribution in [1.82, 2.24) is 5.32 Å². The lowest BCUT2D eigenvalue weighted by Gasteiger charge is -2.03. The van der Waals surface area contributed by atoms with E-state index >= 15 is 0 Å². The second-order valence-electron chi connectivity index (χ2n) is 2.17. The summed E-state index contributed by atoms with van der Waals surface area (Å²) in [6.07, 6.45) is 0. The number of benzene rings is 1. The summed E-state index contributed by atoms with van der Waals surface area (Å²) in [5.41, 5.74) is 0.899. The van der Waals surface area contributed by atoms with Gasteiger partial charge in [-0.3, -0.25) is 5.41 Å². The van der Waals surface area contributed by atoms with Gasteiger partial charge >= 0.3 is 0 Å². The summed E-state index contributed by atoms with van der Waals surface area (Å²) in [5, 5.41) is 10.3. The lowest BCUT2D eigenvalue weighted by atomic mass is 10.2. The Morgan fingerprint density at radius 3 is 2.55 bits per heavy atom. The quantitative estimate of drug-likeness (QED) is 0.482. The third kappa shape index (κ3) is 2.08. The summed E-state index contributed by atoms with van der Waals surface area (Å²) in [4.78, 5) is 0. The van der Waals surface area contributed by atoms with Crippen LogP contribution in [0.5, 0.6) is 0 Å². The molecule has 0 aromatic heterocycles. The van der Waals surface area contributed by atoms with Crippen LogP contribution in [-0.2, 0) is 0 Å². The predicted octanol–water partition coefficient (Wildman–Crippen LogP) is 1.44. The van der Waals surface area contributed by atoms with E-state index < -0.39 is 0 Å². The van der Waals surface area contributed by atoms with Crippen molar-refractivity contribution in [2.24, 2.45) is 0 Å². The molecule has 0 aliphatic carbocycles. The predicted molar refractivity (Wildman–Crippen MR) is 46.6 cm³/mol. The van der Waals surface area contributed by atoms with Crippen molar-refractivity contribution in [2.75, 3.05) is 6.54 Å². The van der Waals surface area contributed by atoms with Crippen LogP contribution < -0.4 is 5.32 Å². The third-order valence-electron chi connectivity index (χ3n) is 1.36. The average Bonchev–Trinajstić information content (AvgIpc) is 2.07. The van der Waals surface area contributed by atoms with E-state index in [4.69, 9.17) is 5.41 Å². The minimum absolute atomic E-state index is 0.431. The fourth-order valence-corrected chi connectivity index (χ4v) is 0.832. The second-order valence-corrected chi connectivity index (χ2v) is 2.17. The van der Waals surface area contributed by atoms with Crippen LogP contribution in [0.15, 0.2) is 30.3 Å². The smallest absolute Gasteiger partial charge is 0.125 e. The molecule has 0 heterocycles. The molecule has 57 valence electrons. The molecule has 0 saturated carbocycles. The fraction of sp³-hybridized carbons (Fsp3) is 0.111. The van der Waals surface area contributed by atoms with Gasteiger partial charge in [-0.05, 0) is 6.92 Å².